The molecule has 108 valence electrons. The van der Waals surface area contributed by atoms with Crippen molar-refractivity contribution in [2.75, 3.05) is 20.2 Å². The molecule has 0 radical (unpaired) electrons. The minimum absolute atomic E-state index is 0.439. The molecule has 2 fully saturated rings. The lowest BCUT2D eigenvalue weighted by Gasteiger charge is -2.51. The first-order chi connectivity index (χ1) is 9.83. The lowest BCUT2D eigenvalue weighted by atomic mass is 9.53. The molecular formula is C18H25NO. The van der Waals surface area contributed by atoms with E-state index >= 15 is 0 Å². The lowest BCUT2D eigenvalue weighted by Crippen LogP contribution is -2.46. The summed E-state index contributed by atoms with van der Waals surface area (Å²) in [7, 11) is 1.79. The molecule has 1 saturated heterocycles. The maximum Gasteiger partial charge on any atom is 0.119 e. The van der Waals surface area contributed by atoms with Gasteiger partial charge in [0, 0.05) is 5.41 Å². The Morgan fingerprint density at radius 2 is 2.20 bits per heavy atom. The summed E-state index contributed by atoms with van der Waals surface area (Å²) in [5.74, 6) is 2.78. The smallest absolute Gasteiger partial charge is 0.119 e. The Balaban J connectivity index is 1.88. The van der Waals surface area contributed by atoms with Gasteiger partial charge in [-0.15, -0.1) is 0 Å². The molecule has 1 heterocycles. The van der Waals surface area contributed by atoms with Crippen LogP contribution in [0.1, 0.15) is 43.2 Å². The Labute approximate surface area is 121 Å². The van der Waals surface area contributed by atoms with Crippen molar-refractivity contribution in [2.24, 2.45) is 11.8 Å². The highest BCUT2D eigenvalue weighted by Crippen LogP contribution is 2.55. The van der Waals surface area contributed by atoms with Crippen molar-refractivity contribution >= 4 is 0 Å². The molecule has 0 unspecified atom stereocenters. The Hall–Kier alpha value is -1.02. The number of methoxy groups -OCH3 is 1. The summed E-state index contributed by atoms with van der Waals surface area (Å²) in [4.78, 5) is 0. The van der Waals surface area contributed by atoms with E-state index < -0.39 is 0 Å². The van der Waals surface area contributed by atoms with Crippen LogP contribution in [0.15, 0.2) is 18.2 Å². The quantitative estimate of drug-likeness (QED) is 0.846. The highest BCUT2D eigenvalue weighted by Gasteiger charge is 2.50. The summed E-state index contributed by atoms with van der Waals surface area (Å²) in [6, 6.07) is 6.84. The van der Waals surface area contributed by atoms with E-state index in [0.29, 0.717) is 5.41 Å². The summed E-state index contributed by atoms with van der Waals surface area (Å²) in [6.45, 7) is 2.40. The van der Waals surface area contributed by atoms with E-state index in [1.807, 2.05) is 0 Å². The average Bonchev–Trinajstić information content (AvgIpc) is 2.64. The fourth-order valence-corrected chi connectivity index (χ4v) is 5.29. The highest BCUT2D eigenvalue weighted by molar-refractivity contribution is 5.44. The van der Waals surface area contributed by atoms with Crippen LogP contribution in [0.4, 0.5) is 0 Å². The molecule has 3 aliphatic rings. The molecule has 1 aromatic carbocycles. The fraction of sp³-hybridized carbons (Fsp3) is 0.667. The highest BCUT2D eigenvalue weighted by atomic mass is 16.5. The SMILES string of the molecule is COc1ccc2c(c1)[C@]13CCCC[C@@H]1[C@@H](CNCC3)C2. The van der Waals surface area contributed by atoms with Crippen LogP contribution >= 0.6 is 0 Å². The van der Waals surface area contributed by atoms with Gasteiger partial charge in [0.25, 0.3) is 0 Å². The normalized spacial score (nSPS) is 35.6. The number of benzene rings is 1. The number of hydrogen-bond donors (Lipinski definition) is 1. The molecule has 2 nitrogen and oxygen atoms in total. The molecule has 2 bridgehead atoms. The lowest BCUT2D eigenvalue weighted by molar-refractivity contribution is 0.112. The largest absolute Gasteiger partial charge is 0.497 e. The fourth-order valence-electron chi connectivity index (χ4n) is 5.29. The van der Waals surface area contributed by atoms with Crippen molar-refractivity contribution < 1.29 is 4.74 Å². The molecule has 2 heteroatoms. The van der Waals surface area contributed by atoms with Crippen LogP contribution < -0.4 is 10.1 Å². The van der Waals surface area contributed by atoms with E-state index in [1.54, 1.807) is 18.2 Å². The monoisotopic (exact) mass is 271 g/mol. The topological polar surface area (TPSA) is 21.3 Å². The predicted molar refractivity (Wildman–Crippen MR) is 81.3 cm³/mol. The maximum atomic E-state index is 5.51. The van der Waals surface area contributed by atoms with Gasteiger partial charge in [-0.1, -0.05) is 18.9 Å². The maximum absolute atomic E-state index is 5.51. The minimum Gasteiger partial charge on any atom is -0.497 e. The summed E-state index contributed by atoms with van der Waals surface area (Å²) >= 11 is 0. The summed E-state index contributed by atoms with van der Waals surface area (Å²) in [6.07, 6.45) is 8.23. The standard InChI is InChI=1S/C18H25NO/c1-20-15-6-5-13-10-14-12-19-9-8-18(17(13)11-15)7-3-2-4-16(14)18/h5-6,11,14,16,19H,2-4,7-10,12H2,1H3/t14-,16-,18+/m1/s1. The number of nitrogens with one attached hydrogen (secondary N) is 1. The van der Waals surface area contributed by atoms with Gasteiger partial charge in [-0.25, -0.2) is 0 Å². The third-order valence-corrected chi connectivity index (χ3v) is 6.16. The zero-order chi connectivity index (χ0) is 13.6. The molecule has 20 heavy (non-hydrogen) atoms. The molecule has 1 saturated carbocycles. The number of hydrogen-bond acceptors (Lipinski definition) is 2. The van der Waals surface area contributed by atoms with Crippen molar-refractivity contribution in [3.8, 4) is 5.75 Å². The van der Waals surface area contributed by atoms with Gasteiger partial charge in [0.15, 0.2) is 0 Å². The second kappa shape index (κ2) is 4.77. The Morgan fingerprint density at radius 3 is 3.10 bits per heavy atom. The molecule has 0 spiro atoms. The van der Waals surface area contributed by atoms with Crippen LogP contribution in [0.25, 0.3) is 0 Å². The van der Waals surface area contributed by atoms with Crippen LogP contribution in [-0.2, 0) is 11.8 Å². The third-order valence-electron chi connectivity index (χ3n) is 6.16. The Bertz CT molecular complexity index is 512. The molecule has 2 aliphatic carbocycles. The summed E-state index contributed by atoms with van der Waals surface area (Å²) in [5.41, 5.74) is 3.66. The van der Waals surface area contributed by atoms with Gasteiger partial charge in [-0.05, 0) is 73.9 Å². The van der Waals surface area contributed by atoms with E-state index in [1.165, 1.54) is 51.6 Å². The first-order valence-electron chi connectivity index (χ1n) is 8.21. The van der Waals surface area contributed by atoms with Gasteiger partial charge in [-0.2, -0.15) is 0 Å². The average molecular weight is 271 g/mol. The number of rotatable bonds is 1. The molecule has 4 rings (SSSR count). The summed E-state index contributed by atoms with van der Waals surface area (Å²) in [5, 5.41) is 3.70. The van der Waals surface area contributed by atoms with Crippen molar-refractivity contribution in [1.29, 1.82) is 0 Å². The predicted octanol–water partition coefficient (Wildman–Crippen LogP) is 3.29. The van der Waals surface area contributed by atoms with Crippen LogP contribution in [0.2, 0.25) is 0 Å². The second-order valence-corrected chi connectivity index (χ2v) is 6.95. The molecule has 1 aliphatic heterocycles. The van der Waals surface area contributed by atoms with E-state index in [-0.39, 0.29) is 0 Å². The van der Waals surface area contributed by atoms with Crippen LogP contribution in [0, 0.1) is 11.8 Å². The molecule has 0 amide bonds. The first kappa shape index (κ1) is 12.7. The third kappa shape index (κ3) is 1.74. The molecule has 3 atom stereocenters. The van der Waals surface area contributed by atoms with Crippen LogP contribution in [0.3, 0.4) is 0 Å². The van der Waals surface area contributed by atoms with Gasteiger partial charge < -0.3 is 10.1 Å². The van der Waals surface area contributed by atoms with E-state index in [2.05, 4.69) is 23.5 Å². The van der Waals surface area contributed by atoms with Crippen molar-refractivity contribution in [3.63, 3.8) is 0 Å². The van der Waals surface area contributed by atoms with Crippen molar-refractivity contribution in [2.45, 2.75) is 43.9 Å². The second-order valence-electron chi connectivity index (χ2n) is 6.95. The first-order valence-corrected chi connectivity index (χ1v) is 8.21. The zero-order valence-corrected chi connectivity index (χ0v) is 12.5. The summed E-state index contributed by atoms with van der Waals surface area (Å²) < 4.78 is 5.51. The van der Waals surface area contributed by atoms with Gasteiger partial charge in [0.1, 0.15) is 5.75 Å². The number of ether oxygens (including phenoxy) is 1. The van der Waals surface area contributed by atoms with E-state index in [0.717, 1.165) is 17.6 Å². The Kier molecular flexibility index (Phi) is 3.03. The van der Waals surface area contributed by atoms with Crippen LogP contribution in [0.5, 0.6) is 5.75 Å². The zero-order valence-electron chi connectivity index (χ0n) is 12.5. The van der Waals surface area contributed by atoms with Crippen LogP contribution in [-0.4, -0.2) is 20.2 Å². The molecular weight excluding hydrogens is 246 g/mol. The van der Waals surface area contributed by atoms with Gasteiger partial charge in [0.05, 0.1) is 7.11 Å². The minimum atomic E-state index is 0.439. The van der Waals surface area contributed by atoms with Crippen molar-refractivity contribution in [3.05, 3.63) is 29.3 Å². The number of fused-ring (bicyclic) bond motifs is 1. The molecule has 1 N–H and O–H groups in total. The molecule has 1 aromatic rings. The Morgan fingerprint density at radius 1 is 1.25 bits per heavy atom. The van der Waals surface area contributed by atoms with Gasteiger partial charge in [-0.3, -0.25) is 0 Å². The van der Waals surface area contributed by atoms with Gasteiger partial charge in [0.2, 0.25) is 0 Å². The van der Waals surface area contributed by atoms with Gasteiger partial charge >= 0.3 is 0 Å². The van der Waals surface area contributed by atoms with E-state index in [9.17, 15) is 0 Å². The van der Waals surface area contributed by atoms with E-state index in [4.69, 9.17) is 4.74 Å². The van der Waals surface area contributed by atoms with Crippen molar-refractivity contribution in [1.82, 2.24) is 5.32 Å². The molecule has 0 aromatic heterocycles.